The highest BCUT2D eigenvalue weighted by Crippen LogP contribution is 2.36. The molecule has 3 aromatic carbocycles. The maximum atomic E-state index is 13.7. The Hall–Kier alpha value is -4.05. The van der Waals surface area contributed by atoms with Gasteiger partial charge in [0.2, 0.25) is 5.91 Å². The Morgan fingerprint density at radius 3 is 2.24 bits per heavy atom. The molecule has 2 N–H and O–H groups in total. The molecule has 3 rings (SSSR count). The van der Waals surface area contributed by atoms with E-state index in [4.69, 9.17) is 9.47 Å². The zero-order valence-electron chi connectivity index (χ0n) is 22.1. The molecule has 0 spiro atoms. The van der Waals surface area contributed by atoms with Crippen molar-refractivity contribution < 1.29 is 27.5 Å². The van der Waals surface area contributed by atoms with E-state index >= 15 is 0 Å². The molecule has 0 bridgehead atoms. The van der Waals surface area contributed by atoms with E-state index in [9.17, 15) is 18.0 Å². The molecule has 202 valence electrons. The third kappa shape index (κ3) is 6.63. The minimum absolute atomic E-state index is 0.0179. The van der Waals surface area contributed by atoms with Gasteiger partial charge in [0.25, 0.3) is 10.0 Å². The zero-order valence-corrected chi connectivity index (χ0v) is 23.0. The fraction of sp³-hybridized carbons (Fsp3) is 0.286. The van der Waals surface area contributed by atoms with Crippen molar-refractivity contribution >= 4 is 27.6 Å². The largest absolute Gasteiger partial charge is 0.493 e. The van der Waals surface area contributed by atoms with Gasteiger partial charge in [-0.2, -0.15) is 0 Å². The number of sulfonamides is 1. The quantitative estimate of drug-likeness (QED) is 0.405. The molecular formula is C28H33N3O6S. The lowest BCUT2D eigenvalue weighted by Gasteiger charge is -2.26. The summed E-state index contributed by atoms with van der Waals surface area (Å²) in [5.41, 5.74) is 2.67. The predicted molar refractivity (Wildman–Crippen MR) is 146 cm³/mol. The molecule has 0 heterocycles. The van der Waals surface area contributed by atoms with Crippen LogP contribution in [0.3, 0.4) is 0 Å². The van der Waals surface area contributed by atoms with Crippen LogP contribution in [0.15, 0.2) is 71.6 Å². The number of likely N-dealkylation sites (N-methyl/N-ethyl adjacent to an activating group) is 1. The number of amides is 3. The fourth-order valence-electron chi connectivity index (χ4n) is 4.12. The molecule has 3 aromatic rings. The average Bonchev–Trinajstić information content (AvgIpc) is 2.91. The maximum Gasteiger partial charge on any atom is 0.329 e. The van der Waals surface area contributed by atoms with Gasteiger partial charge in [-0.25, -0.2) is 17.9 Å². The first-order valence-corrected chi connectivity index (χ1v) is 13.5. The number of methoxy groups -OCH3 is 2. The Morgan fingerprint density at radius 2 is 1.63 bits per heavy atom. The SMILES string of the molecule is CCc1cc(N(C)C(=O)[C@H](Cc2ccccc2)NC(=O)NS(=O)(=O)c2ccccc2C)cc(OC)c1OC. The highest BCUT2D eigenvalue weighted by Gasteiger charge is 2.28. The normalized spacial score (nSPS) is 11.8. The number of rotatable bonds is 10. The van der Waals surface area contributed by atoms with Gasteiger partial charge < -0.3 is 19.7 Å². The second kappa shape index (κ2) is 12.5. The summed E-state index contributed by atoms with van der Waals surface area (Å²) in [4.78, 5) is 28.0. The highest BCUT2D eigenvalue weighted by molar-refractivity contribution is 7.90. The molecule has 0 fully saturated rings. The van der Waals surface area contributed by atoms with Gasteiger partial charge in [0.1, 0.15) is 6.04 Å². The van der Waals surface area contributed by atoms with Crippen LogP contribution in [-0.2, 0) is 27.7 Å². The van der Waals surface area contributed by atoms with Crippen molar-refractivity contribution in [1.29, 1.82) is 0 Å². The summed E-state index contributed by atoms with van der Waals surface area (Å²) in [6, 6.07) is 16.9. The number of ether oxygens (including phenoxy) is 2. The first kappa shape index (κ1) is 28.5. The molecule has 3 amide bonds. The van der Waals surface area contributed by atoms with E-state index in [1.807, 2.05) is 48.0 Å². The highest BCUT2D eigenvalue weighted by atomic mass is 32.2. The Morgan fingerprint density at radius 1 is 0.974 bits per heavy atom. The number of aryl methyl sites for hydroxylation is 2. The third-order valence-electron chi connectivity index (χ3n) is 6.14. The summed E-state index contributed by atoms with van der Waals surface area (Å²) < 4.78 is 38.6. The van der Waals surface area contributed by atoms with Gasteiger partial charge in [-0.3, -0.25) is 4.79 Å². The number of carbonyl (C=O) groups is 2. The number of carbonyl (C=O) groups excluding carboxylic acids is 2. The first-order valence-electron chi connectivity index (χ1n) is 12.1. The topological polar surface area (TPSA) is 114 Å². The number of hydrogen-bond acceptors (Lipinski definition) is 6. The summed E-state index contributed by atoms with van der Waals surface area (Å²) in [5, 5.41) is 2.56. The molecule has 38 heavy (non-hydrogen) atoms. The smallest absolute Gasteiger partial charge is 0.329 e. The van der Waals surface area contributed by atoms with Crippen LogP contribution in [0.1, 0.15) is 23.6 Å². The Bertz CT molecular complexity index is 1370. The first-order chi connectivity index (χ1) is 18.1. The molecule has 0 aromatic heterocycles. The van der Waals surface area contributed by atoms with Gasteiger partial charge in [0, 0.05) is 25.2 Å². The van der Waals surface area contributed by atoms with Crippen LogP contribution in [0.4, 0.5) is 10.5 Å². The monoisotopic (exact) mass is 539 g/mol. The van der Waals surface area contributed by atoms with Gasteiger partial charge in [-0.1, -0.05) is 55.5 Å². The zero-order chi connectivity index (χ0) is 27.9. The van der Waals surface area contributed by atoms with Crippen molar-refractivity contribution in [1.82, 2.24) is 10.0 Å². The Labute approximate surface area is 223 Å². The lowest BCUT2D eigenvalue weighted by Crippen LogP contribution is -2.52. The summed E-state index contributed by atoms with van der Waals surface area (Å²) in [6.07, 6.45) is 0.788. The van der Waals surface area contributed by atoms with E-state index in [1.54, 1.807) is 45.3 Å². The minimum Gasteiger partial charge on any atom is -0.493 e. The molecule has 10 heteroatoms. The van der Waals surface area contributed by atoms with Gasteiger partial charge in [0.15, 0.2) is 11.5 Å². The lowest BCUT2D eigenvalue weighted by atomic mass is 10.0. The fourth-order valence-corrected chi connectivity index (χ4v) is 5.28. The molecule has 0 unspecified atom stereocenters. The van der Waals surface area contributed by atoms with Crippen LogP contribution in [0.25, 0.3) is 0 Å². The summed E-state index contributed by atoms with van der Waals surface area (Å²) >= 11 is 0. The summed E-state index contributed by atoms with van der Waals surface area (Å²) in [6.45, 7) is 3.60. The van der Waals surface area contributed by atoms with Crippen molar-refractivity contribution in [2.24, 2.45) is 0 Å². The summed E-state index contributed by atoms with van der Waals surface area (Å²) in [7, 11) is 0.504. The van der Waals surface area contributed by atoms with Gasteiger partial charge in [0.05, 0.1) is 19.1 Å². The molecule has 0 saturated heterocycles. The van der Waals surface area contributed by atoms with Gasteiger partial charge in [-0.05, 0) is 42.2 Å². The van der Waals surface area contributed by atoms with Crippen LogP contribution in [0.5, 0.6) is 11.5 Å². The maximum absolute atomic E-state index is 13.7. The van der Waals surface area contributed by atoms with E-state index in [-0.39, 0.29) is 11.3 Å². The van der Waals surface area contributed by atoms with Gasteiger partial charge in [-0.15, -0.1) is 0 Å². The van der Waals surface area contributed by atoms with Crippen molar-refractivity contribution in [3.8, 4) is 11.5 Å². The predicted octanol–water partition coefficient (Wildman–Crippen LogP) is 3.84. The van der Waals surface area contributed by atoms with E-state index < -0.39 is 28.0 Å². The van der Waals surface area contributed by atoms with Crippen LogP contribution < -0.4 is 24.4 Å². The second-order valence-corrected chi connectivity index (χ2v) is 10.3. The molecular weight excluding hydrogens is 506 g/mol. The van der Waals surface area contributed by atoms with E-state index in [1.165, 1.54) is 18.1 Å². The Kier molecular flexibility index (Phi) is 9.35. The van der Waals surface area contributed by atoms with Crippen molar-refractivity contribution in [2.45, 2.75) is 37.6 Å². The van der Waals surface area contributed by atoms with E-state index in [0.29, 0.717) is 29.2 Å². The number of benzene rings is 3. The number of urea groups is 1. The van der Waals surface area contributed by atoms with Crippen molar-refractivity contribution in [3.63, 3.8) is 0 Å². The van der Waals surface area contributed by atoms with Crippen molar-refractivity contribution in [3.05, 3.63) is 83.4 Å². The number of hydrogen-bond donors (Lipinski definition) is 2. The molecule has 0 radical (unpaired) electrons. The van der Waals surface area contributed by atoms with E-state index in [2.05, 4.69) is 5.32 Å². The average molecular weight is 540 g/mol. The van der Waals surface area contributed by atoms with Crippen LogP contribution in [0.2, 0.25) is 0 Å². The molecule has 0 aliphatic rings. The second-order valence-electron chi connectivity index (χ2n) is 8.68. The summed E-state index contributed by atoms with van der Waals surface area (Å²) in [5.74, 6) is 0.613. The standard InChI is InChI=1S/C28H33N3O6S/c1-6-21-17-22(18-24(36-4)26(21)37-5)31(3)27(32)23(16-20-13-8-7-9-14-20)29-28(33)30-38(34,35)25-15-11-10-12-19(25)2/h7-15,17-18,23H,6,16H2,1-5H3,(H2,29,30,33)/t23-/m0/s1. The molecule has 0 aliphatic heterocycles. The molecule has 1 atom stereocenters. The van der Waals surface area contributed by atoms with Crippen LogP contribution in [-0.4, -0.2) is 47.7 Å². The number of nitrogens with one attached hydrogen (secondary N) is 2. The number of anilines is 1. The van der Waals surface area contributed by atoms with Crippen LogP contribution >= 0.6 is 0 Å². The van der Waals surface area contributed by atoms with Crippen LogP contribution in [0, 0.1) is 6.92 Å². The molecule has 0 aliphatic carbocycles. The Balaban J connectivity index is 1.90. The lowest BCUT2D eigenvalue weighted by molar-refractivity contribution is -0.120. The van der Waals surface area contributed by atoms with Gasteiger partial charge >= 0.3 is 6.03 Å². The number of nitrogens with zero attached hydrogens (tertiary/aromatic N) is 1. The van der Waals surface area contributed by atoms with E-state index in [0.717, 1.165) is 11.1 Å². The molecule has 9 nitrogen and oxygen atoms in total. The van der Waals surface area contributed by atoms with Crippen molar-refractivity contribution in [2.75, 3.05) is 26.2 Å². The third-order valence-corrected chi connectivity index (χ3v) is 7.63. The minimum atomic E-state index is -4.15. The molecule has 0 saturated carbocycles.